The fraction of sp³-hybridized carbons (Fsp3) is 1.00. The van der Waals surface area contributed by atoms with Gasteiger partial charge in [0.25, 0.3) is 0 Å². The van der Waals surface area contributed by atoms with E-state index in [0.29, 0.717) is 39.6 Å². The number of hydrogen-bond donors (Lipinski definition) is 0. The summed E-state index contributed by atoms with van der Waals surface area (Å²) in [5.41, 5.74) is 0. The molecule has 5 nitrogen and oxygen atoms in total. The van der Waals surface area contributed by atoms with E-state index in [9.17, 15) is 0 Å². The van der Waals surface area contributed by atoms with Crippen molar-refractivity contribution >= 4 is 14.6 Å². The van der Waals surface area contributed by atoms with Crippen LogP contribution in [-0.2, 0) is 19.8 Å². The van der Waals surface area contributed by atoms with Gasteiger partial charge in [0.05, 0.1) is 0 Å². The molecule has 0 heterocycles. The monoisotopic (exact) mass is 298 g/mol. The Morgan fingerprint density at radius 1 is 0.625 bits per heavy atom. The van der Waals surface area contributed by atoms with Crippen molar-refractivity contribution in [3.63, 3.8) is 0 Å². The first-order valence-electron chi connectivity index (χ1n) is 5.88. The van der Waals surface area contributed by atoms with Crippen LogP contribution >= 0.6 is 0 Å². The van der Waals surface area contributed by atoms with Crippen LogP contribution in [0.4, 0.5) is 0 Å². The van der Waals surface area contributed by atoms with Gasteiger partial charge >= 0.3 is 102 Å². The van der Waals surface area contributed by atoms with Gasteiger partial charge in [-0.25, -0.2) is 0 Å². The molecular weight excluding hydrogens is 273 g/mol. The third kappa shape index (κ3) is 6.82. The maximum absolute atomic E-state index is 5.65. The molecule has 0 N–H and O–H groups in total. The van der Waals surface area contributed by atoms with Gasteiger partial charge in [0.2, 0.25) is 0 Å². The van der Waals surface area contributed by atoms with Crippen LogP contribution in [0.5, 0.6) is 0 Å². The van der Waals surface area contributed by atoms with Crippen LogP contribution in [0.25, 0.3) is 0 Å². The van der Waals surface area contributed by atoms with Crippen molar-refractivity contribution in [2.24, 2.45) is 0 Å². The van der Waals surface area contributed by atoms with E-state index in [1.165, 1.54) is 0 Å². The molecule has 0 aromatic heterocycles. The van der Waals surface area contributed by atoms with E-state index < -0.39 is 14.6 Å². The van der Waals surface area contributed by atoms with Gasteiger partial charge in [0.1, 0.15) is 0 Å². The van der Waals surface area contributed by atoms with E-state index >= 15 is 0 Å². The fourth-order valence-electron chi connectivity index (χ4n) is 1.15. The summed E-state index contributed by atoms with van der Waals surface area (Å²) in [7, 11) is 0. The molecule has 0 aliphatic heterocycles. The van der Waals surface area contributed by atoms with E-state index in [1.807, 2.05) is 27.7 Å². The van der Waals surface area contributed by atoms with Gasteiger partial charge in [-0.05, 0) is 0 Å². The summed E-state index contributed by atoms with van der Waals surface area (Å²) in [6.45, 7) is 10.9. The van der Waals surface area contributed by atoms with Gasteiger partial charge in [-0.3, -0.25) is 0 Å². The van der Waals surface area contributed by atoms with Crippen LogP contribution in [0.3, 0.4) is 0 Å². The van der Waals surface area contributed by atoms with E-state index in [0.717, 1.165) is 0 Å². The van der Waals surface area contributed by atoms with E-state index in [1.54, 1.807) is 0 Å². The first-order chi connectivity index (χ1) is 7.74. The summed E-state index contributed by atoms with van der Waals surface area (Å²) in [6, 6.07) is 0. The third-order valence-corrected chi connectivity index (χ3v) is 6.89. The molecule has 0 aromatic rings. The molecule has 0 fully saturated rings. The molecule has 0 atom stereocenters. The summed E-state index contributed by atoms with van der Waals surface area (Å²) in [5, 5.41) is 0. The predicted octanol–water partition coefficient (Wildman–Crippen LogP) is 1.58. The van der Waals surface area contributed by atoms with E-state index in [4.69, 9.17) is 19.8 Å². The minimum atomic E-state index is -3.47. The van der Waals surface area contributed by atoms with Crippen LogP contribution in [0.1, 0.15) is 27.7 Å². The van der Waals surface area contributed by atoms with Gasteiger partial charge < -0.3 is 0 Å². The van der Waals surface area contributed by atoms with Crippen molar-refractivity contribution in [3.05, 3.63) is 0 Å². The second-order valence-electron chi connectivity index (χ2n) is 2.84. The molecular formula is C10H24GeO5. The maximum atomic E-state index is 5.65. The van der Waals surface area contributed by atoms with Crippen molar-refractivity contribution in [3.8, 4) is 0 Å². The summed E-state index contributed by atoms with van der Waals surface area (Å²) in [6.07, 6.45) is 0. The van der Waals surface area contributed by atoms with Crippen LogP contribution in [0, 0.1) is 0 Å². The predicted molar refractivity (Wildman–Crippen MR) is 63.1 cm³/mol. The SMILES string of the molecule is CCOCC[O][Ge]([O]CC)([O]CC)[O]CC. The fourth-order valence-corrected chi connectivity index (χ4v) is 5.12. The Hall–Kier alpha value is 0.343. The Morgan fingerprint density at radius 3 is 1.50 bits per heavy atom. The second kappa shape index (κ2) is 10.5. The van der Waals surface area contributed by atoms with Gasteiger partial charge in [-0.15, -0.1) is 0 Å². The Labute approximate surface area is 102 Å². The molecule has 0 rings (SSSR count). The van der Waals surface area contributed by atoms with Crippen molar-refractivity contribution in [2.45, 2.75) is 27.7 Å². The zero-order valence-electron chi connectivity index (χ0n) is 10.8. The number of hydrogen-bond acceptors (Lipinski definition) is 5. The van der Waals surface area contributed by atoms with Crippen molar-refractivity contribution in [2.75, 3.05) is 39.6 Å². The second-order valence-corrected chi connectivity index (χ2v) is 7.37. The summed E-state index contributed by atoms with van der Waals surface area (Å²) >= 11 is -3.47. The van der Waals surface area contributed by atoms with Gasteiger partial charge in [0, 0.05) is 0 Å². The molecule has 0 saturated carbocycles. The number of rotatable bonds is 11. The van der Waals surface area contributed by atoms with E-state index in [2.05, 4.69) is 0 Å². The quantitative estimate of drug-likeness (QED) is 0.428. The molecule has 0 radical (unpaired) electrons. The number of ether oxygens (including phenoxy) is 1. The Morgan fingerprint density at radius 2 is 1.12 bits per heavy atom. The molecule has 0 unspecified atom stereocenters. The Kier molecular flexibility index (Phi) is 10.7. The zero-order valence-corrected chi connectivity index (χ0v) is 12.9. The first kappa shape index (κ1) is 16.3. The third-order valence-electron chi connectivity index (χ3n) is 1.67. The van der Waals surface area contributed by atoms with Crippen LogP contribution in [0.15, 0.2) is 0 Å². The van der Waals surface area contributed by atoms with Gasteiger partial charge in [-0.1, -0.05) is 0 Å². The minimum absolute atomic E-state index is 0.452. The molecule has 0 spiro atoms. The molecule has 98 valence electrons. The standard InChI is InChI=1S/C10H24GeO5/c1-5-12-9-10-16-11(13-6-2,14-7-3)15-8-4/h5-10H2,1-4H3. The molecule has 0 amide bonds. The van der Waals surface area contributed by atoms with Crippen molar-refractivity contribution in [1.29, 1.82) is 0 Å². The molecule has 0 aliphatic rings. The molecule has 0 bridgehead atoms. The summed E-state index contributed by atoms with van der Waals surface area (Å²) < 4.78 is 27.5. The van der Waals surface area contributed by atoms with E-state index in [-0.39, 0.29) is 0 Å². The summed E-state index contributed by atoms with van der Waals surface area (Å²) in [5.74, 6) is 0. The van der Waals surface area contributed by atoms with Crippen LogP contribution in [0.2, 0.25) is 0 Å². The molecule has 0 aliphatic carbocycles. The summed E-state index contributed by atoms with van der Waals surface area (Å²) in [4.78, 5) is 0. The molecule has 0 saturated heterocycles. The zero-order chi connectivity index (χ0) is 12.3. The molecule has 0 aromatic carbocycles. The molecule has 16 heavy (non-hydrogen) atoms. The topological polar surface area (TPSA) is 46.2 Å². The average molecular weight is 297 g/mol. The van der Waals surface area contributed by atoms with Crippen molar-refractivity contribution in [1.82, 2.24) is 0 Å². The Balaban J connectivity index is 4.12. The van der Waals surface area contributed by atoms with Crippen molar-refractivity contribution < 1.29 is 19.8 Å². The van der Waals surface area contributed by atoms with Crippen LogP contribution in [-0.4, -0.2) is 54.3 Å². The Bertz CT molecular complexity index is 139. The first-order valence-corrected chi connectivity index (χ1v) is 9.30. The van der Waals surface area contributed by atoms with Crippen LogP contribution < -0.4 is 0 Å². The average Bonchev–Trinajstić information content (AvgIpc) is 2.26. The van der Waals surface area contributed by atoms with Gasteiger partial charge in [-0.2, -0.15) is 0 Å². The molecule has 6 heteroatoms. The normalized spacial score (nSPS) is 12.0. The van der Waals surface area contributed by atoms with Gasteiger partial charge in [0.15, 0.2) is 0 Å².